The summed E-state index contributed by atoms with van der Waals surface area (Å²) in [5.41, 5.74) is -0.0434. The average Bonchev–Trinajstić information content (AvgIpc) is 3.30. The van der Waals surface area contributed by atoms with Crippen molar-refractivity contribution in [1.82, 2.24) is 0 Å². The summed E-state index contributed by atoms with van der Waals surface area (Å²) in [6, 6.07) is 1.07. The van der Waals surface area contributed by atoms with Crippen LogP contribution in [0, 0.1) is 30.6 Å². The van der Waals surface area contributed by atoms with E-state index in [4.69, 9.17) is 14.2 Å². The third-order valence-corrected chi connectivity index (χ3v) is 9.58. The van der Waals surface area contributed by atoms with Crippen molar-refractivity contribution in [3.8, 4) is 23.0 Å². The Bertz CT molecular complexity index is 1650. The van der Waals surface area contributed by atoms with Gasteiger partial charge in [-0.05, 0) is 19.9 Å². The lowest BCUT2D eigenvalue weighted by Gasteiger charge is -2.36. The number of carbonyl (C=O) groups excluding carboxylic acids is 2. The smallest absolute Gasteiger partial charge is 0.312 e. The molecule has 3 heterocycles. The molecule has 0 radical (unpaired) electrons. The number of anilines is 1. The van der Waals surface area contributed by atoms with E-state index in [1.54, 1.807) is 39.8 Å². The number of nitrogens with one attached hydrogen (secondary N) is 1. The molecule has 5 rings (SSSR count). The van der Waals surface area contributed by atoms with Gasteiger partial charge in [0.15, 0.2) is 5.75 Å². The van der Waals surface area contributed by atoms with Gasteiger partial charge in [-0.25, -0.2) is 0 Å². The number of amides is 1. The highest BCUT2D eigenvalue weighted by Crippen LogP contribution is 2.53. The van der Waals surface area contributed by atoms with Crippen molar-refractivity contribution in [3.63, 3.8) is 0 Å². The number of methoxy groups -OCH3 is 1. The van der Waals surface area contributed by atoms with Crippen LogP contribution in [0.5, 0.6) is 23.0 Å². The Morgan fingerprint density at radius 3 is 2.13 bits per heavy atom. The molecule has 3 aliphatic heterocycles. The van der Waals surface area contributed by atoms with E-state index in [0.717, 1.165) is 6.07 Å². The number of aromatic hydroxyl groups is 3. The van der Waals surface area contributed by atoms with Crippen LogP contribution in [0.2, 0.25) is 0 Å². The van der Waals surface area contributed by atoms with E-state index in [1.165, 1.54) is 46.3 Å². The zero-order chi connectivity index (χ0) is 35.1. The topological polar surface area (TPSA) is 195 Å². The highest BCUT2D eigenvalue weighted by molar-refractivity contribution is 6.21. The van der Waals surface area contributed by atoms with Crippen LogP contribution >= 0.6 is 0 Å². The molecule has 5 bridgehead atoms. The van der Waals surface area contributed by atoms with E-state index < -0.39 is 82.8 Å². The minimum atomic E-state index is -1.95. The molecule has 0 unspecified atom stereocenters. The summed E-state index contributed by atoms with van der Waals surface area (Å²) in [4.78, 5) is 26.9. The van der Waals surface area contributed by atoms with Gasteiger partial charge in [-0.3, -0.25) is 9.59 Å². The van der Waals surface area contributed by atoms with Crippen molar-refractivity contribution < 1.29 is 54.4 Å². The van der Waals surface area contributed by atoms with Gasteiger partial charge in [-0.15, -0.1) is 0 Å². The highest BCUT2D eigenvalue weighted by atomic mass is 16.7. The number of fused-ring (bicyclic) bond motifs is 14. The van der Waals surface area contributed by atoms with E-state index in [-0.39, 0.29) is 38.9 Å². The molecule has 0 fully saturated rings. The first-order valence-electron chi connectivity index (χ1n) is 15.5. The fraction of sp³-hybridized carbons (Fsp3) is 0.486. The minimum absolute atomic E-state index is 0.0566. The predicted octanol–water partition coefficient (Wildman–Crippen LogP) is 4.18. The van der Waals surface area contributed by atoms with E-state index in [1.807, 2.05) is 0 Å². The molecule has 0 spiro atoms. The van der Waals surface area contributed by atoms with Crippen LogP contribution in [0.4, 0.5) is 5.69 Å². The molecule has 2 aromatic carbocycles. The molecule has 0 saturated heterocycles. The Hall–Kier alpha value is -4.10. The van der Waals surface area contributed by atoms with Crippen molar-refractivity contribution in [3.05, 3.63) is 53.3 Å². The quantitative estimate of drug-likeness (QED) is 0.172. The van der Waals surface area contributed by atoms with Crippen LogP contribution in [-0.2, 0) is 14.3 Å². The first-order chi connectivity index (χ1) is 22.0. The summed E-state index contributed by atoms with van der Waals surface area (Å²) < 4.78 is 17.3. The largest absolute Gasteiger partial charge is 0.507 e. The van der Waals surface area contributed by atoms with Gasteiger partial charge >= 0.3 is 5.79 Å². The number of Topliss-reactive ketones (excluding diaryl/α,β-unsaturated/α-hetero) is 1. The molecule has 0 aromatic heterocycles. The Morgan fingerprint density at radius 2 is 1.49 bits per heavy atom. The predicted molar refractivity (Wildman–Crippen MR) is 174 cm³/mol. The lowest BCUT2D eigenvalue weighted by Crippen LogP contribution is -2.44. The molecule has 1 amide bonds. The molecule has 3 aliphatic rings. The number of aliphatic hydroxyl groups is 3. The molecule has 12 nitrogen and oxygen atoms in total. The van der Waals surface area contributed by atoms with Gasteiger partial charge in [0.05, 0.1) is 47.3 Å². The summed E-state index contributed by atoms with van der Waals surface area (Å²) >= 11 is 0. The zero-order valence-corrected chi connectivity index (χ0v) is 27.8. The Balaban J connectivity index is 1.85. The first kappa shape index (κ1) is 35.7. The number of carbonyl (C=O) groups is 2. The van der Waals surface area contributed by atoms with Gasteiger partial charge in [0, 0.05) is 60.3 Å². The third kappa shape index (κ3) is 6.42. The normalized spacial score (nSPS) is 34.7. The second-order valence-corrected chi connectivity index (χ2v) is 12.8. The molecule has 12 heteroatoms. The van der Waals surface area contributed by atoms with Gasteiger partial charge < -0.3 is 50.2 Å². The van der Waals surface area contributed by atoms with Crippen molar-refractivity contribution in [2.75, 3.05) is 12.4 Å². The van der Waals surface area contributed by atoms with Crippen molar-refractivity contribution in [2.24, 2.45) is 23.7 Å². The molecule has 47 heavy (non-hydrogen) atoms. The molecule has 2 aromatic rings. The molecule has 256 valence electrons. The van der Waals surface area contributed by atoms with Crippen LogP contribution in [0.15, 0.2) is 42.2 Å². The fourth-order valence-electron chi connectivity index (χ4n) is 6.26. The second-order valence-electron chi connectivity index (χ2n) is 12.8. The third-order valence-electron chi connectivity index (χ3n) is 9.58. The van der Waals surface area contributed by atoms with Crippen LogP contribution in [0.1, 0.15) is 57.5 Å². The van der Waals surface area contributed by atoms with E-state index >= 15 is 0 Å². The highest BCUT2D eigenvalue weighted by Gasteiger charge is 2.49. The lowest BCUT2D eigenvalue weighted by atomic mass is 9.78. The summed E-state index contributed by atoms with van der Waals surface area (Å²) in [6.45, 7) is 11.2. The van der Waals surface area contributed by atoms with Crippen LogP contribution in [-0.4, -0.2) is 79.6 Å². The molecule has 0 saturated carbocycles. The van der Waals surface area contributed by atoms with Crippen LogP contribution in [0.3, 0.4) is 0 Å². The maximum Gasteiger partial charge on any atom is 0.312 e. The molecular formula is C35H45NO11. The SMILES string of the molecule is CO[C@H]1/C=C/O[C@@]2(C)Oc3c(C)c(O)c4c(O)c(cc(O)c4c3C2=O)NC(=O)/C(C)=C\C=C\[C@H](C)[C@H](O)[C@@H](C)[C@@H](O)[C@@H](C)[C@H](O)[C@@H]1C. The first-order valence-corrected chi connectivity index (χ1v) is 15.5. The van der Waals surface area contributed by atoms with Gasteiger partial charge in [0.2, 0.25) is 0 Å². The van der Waals surface area contributed by atoms with Crippen LogP contribution in [0.25, 0.3) is 10.8 Å². The zero-order valence-electron chi connectivity index (χ0n) is 27.8. The van der Waals surface area contributed by atoms with Gasteiger partial charge in [-0.2, -0.15) is 0 Å². The number of hydrogen-bond acceptors (Lipinski definition) is 11. The summed E-state index contributed by atoms with van der Waals surface area (Å²) in [6.07, 6.45) is 3.55. The van der Waals surface area contributed by atoms with Crippen molar-refractivity contribution in [1.29, 1.82) is 0 Å². The molecule has 0 aliphatic carbocycles. The summed E-state index contributed by atoms with van der Waals surface area (Å²) in [5, 5.41) is 68.8. The summed E-state index contributed by atoms with van der Waals surface area (Å²) in [7, 11) is 1.43. The standard InChI is InChI=1S/C35H45NO11/c1-15-10-9-11-16(2)34(44)36-21-14-22(37)24-25(31(21)42)30(41)20(6)32-26(24)33(43)35(7,47-32)46-13-12-23(45-8)17(3)28(39)19(5)29(40)18(4)27(15)38/h9-15,17-19,23,27-29,37-42H,1-8H3,(H,36,44)/b10-9+,13-12+,16-11-/t15-,17+,18+,19-,23-,27-,28+,29+,35-/m0/s1. The van der Waals surface area contributed by atoms with Gasteiger partial charge in [-0.1, -0.05) is 45.9 Å². The molecular weight excluding hydrogens is 610 g/mol. The Kier molecular flexibility index (Phi) is 10.3. The number of ether oxygens (including phenoxy) is 3. The van der Waals surface area contributed by atoms with Crippen molar-refractivity contribution >= 4 is 28.2 Å². The number of allylic oxidation sites excluding steroid dienone is 2. The fourth-order valence-corrected chi connectivity index (χ4v) is 6.26. The number of benzene rings is 2. The Labute approximate surface area is 273 Å². The van der Waals surface area contributed by atoms with Crippen molar-refractivity contribution in [2.45, 2.75) is 78.7 Å². The molecule has 9 atom stereocenters. The molecule has 7 N–H and O–H groups in total. The number of phenols is 3. The van der Waals surface area contributed by atoms with Gasteiger partial charge in [0.1, 0.15) is 17.2 Å². The number of rotatable bonds is 1. The minimum Gasteiger partial charge on any atom is -0.507 e. The van der Waals surface area contributed by atoms with Crippen LogP contribution < -0.4 is 10.1 Å². The summed E-state index contributed by atoms with van der Waals surface area (Å²) in [5.74, 6) is -7.24. The number of phenolic OH excluding ortho intramolecular Hbond substituents is 3. The number of aliphatic hydroxyl groups excluding tert-OH is 3. The number of hydrogen-bond donors (Lipinski definition) is 7. The van der Waals surface area contributed by atoms with Gasteiger partial charge in [0.25, 0.3) is 11.7 Å². The second kappa shape index (κ2) is 13.6. The van der Waals surface area contributed by atoms with E-state index in [2.05, 4.69) is 5.32 Å². The monoisotopic (exact) mass is 655 g/mol. The maximum absolute atomic E-state index is 13.8. The maximum atomic E-state index is 13.8. The lowest BCUT2D eigenvalue weighted by molar-refractivity contribution is -0.112. The number of ketones is 1. The van der Waals surface area contributed by atoms with E-state index in [0.29, 0.717) is 0 Å². The average molecular weight is 656 g/mol. The Morgan fingerprint density at radius 1 is 0.872 bits per heavy atom. The van der Waals surface area contributed by atoms with E-state index in [9.17, 15) is 40.2 Å².